The number of para-hydroxylation sites is 3. The predicted molar refractivity (Wildman–Crippen MR) is 191 cm³/mol. The molecule has 224 valence electrons. The lowest BCUT2D eigenvalue weighted by atomic mass is 9.99. The van der Waals surface area contributed by atoms with Crippen LogP contribution in [0.2, 0.25) is 0 Å². The Hall–Kier alpha value is -6.66. The number of pyridine rings is 1. The Kier molecular flexibility index (Phi) is 5.77. The van der Waals surface area contributed by atoms with Gasteiger partial charge in [-0.1, -0.05) is 109 Å². The van der Waals surface area contributed by atoms with E-state index in [1.807, 2.05) is 97.1 Å². The molecule has 4 heterocycles. The molecular weight excluding hydrogens is 592 g/mol. The molecule has 0 spiro atoms. The molecule has 10 aromatic rings. The SMILES string of the molecule is c1ccc(-c2nc(-c3cccc4c3oc3ccccc34)nc(-c3ccc(-c4ccccc4)c4oc5cc6ccccc6nc5c34)n2)cc1. The van der Waals surface area contributed by atoms with E-state index in [2.05, 4.69) is 48.5 Å². The largest absolute Gasteiger partial charge is 0.455 e. The topological polar surface area (TPSA) is 77.8 Å². The van der Waals surface area contributed by atoms with Crippen molar-refractivity contribution in [3.63, 3.8) is 0 Å². The Bertz CT molecular complexity index is 2840. The number of aromatic nitrogens is 4. The third-order valence-electron chi connectivity index (χ3n) is 8.93. The molecule has 6 aromatic carbocycles. The average Bonchev–Trinajstić information content (AvgIpc) is 3.72. The Morgan fingerprint density at radius 1 is 0.396 bits per heavy atom. The summed E-state index contributed by atoms with van der Waals surface area (Å²) in [4.78, 5) is 20.4. The van der Waals surface area contributed by atoms with E-state index in [9.17, 15) is 0 Å². The number of nitrogens with zero attached hydrogens (tertiary/aromatic N) is 4. The van der Waals surface area contributed by atoms with Gasteiger partial charge in [-0.05, 0) is 42.0 Å². The lowest BCUT2D eigenvalue weighted by Gasteiger charge is -2.11. The molecule has 0 N–H and O–H groups in total. The zero-order valence-electron chi connectivity index (χ0n) is 25.5. The van der Waals surface area contributed by atoms with Crippen molar-refractivity contribution in [3.05, 3.63) is 146 Å². The van der Waals surface area contributed by atoms with Crippen LogP contribution in [0.4, 0.5) is 0 Å². The molecule has 0 amide bonds. The van der Waals surface area contributed by atoms with Gasteiger partial charge in [-0.3, -0.25) is 0 Å². The van der Waals surface area contributed by atoms with E-state index in [1.165, 1.54) is 0 Å². The molecule has 0 atom stereocenters. The molecular formula is C42H24N4O2. The number of fused-ring (bicyclic) bond motifs is 7. The predicted octanol–water partition coefficient (Wildman–Crippen LogP) is 10.9. The van der Waals surface area contributed by atoms with Crippen molar-refractivity contribution in [1.82, 2.24) is 19.9 Å². The number of hydrogen-bond acceptors (Lipinski definition) is 6. The van der Waals surface area contributed by atoms with Gasteiger partial charge in [-0.15, -0.1) is 0 Å². The highest BCUT2D eigenvalue weighted by Gasteiger charge is 2.23. The molecule has 6 heteroatoms. The summed E-state index contributed by atoms with van der Waals surface area (Å²) in [5.41, 5.74) is 9.17. The van der Waals surface area contributed by atoms with Crippen LogP contribution in [0.25, 0.3) is 100 Å². The molecule has 0 saturated heterocycles. The van der Waals surface area contributed by atoms with Crippen molar-refractivity contribution in [2.75, 3.05) is 0 Å². The maximum Gasteiger partial charge on any atom is 0.167 e. The summed E-state index contributed by atoms with van der Waals surface area (Å²) in [6.07, 6.45) is 0. The molecule has 48 heavy (non-hydrogen) atoms. The fourth-order valence-corrected chi connectivity index (χ4v) is 6.67. The van der Waals surface area contributed by atoms with Gasteiger partial charge in [0.15, 0.2) is 23.1 Å². The Morgan fingerprint density at radius 2 is 1.04 bits per heavy atom. The second-order valence-electron chi connectivity index (χ2n) is 11.8. The van der Waals surface area contributed by atoms with E-state index in [1.54, 1.807) is 0 Å². The Morgan fingerprint density at radius 3 is 1.90 bits per heavy atom. The second kappa shape index (κ2) is 10.4. The fraction of sp³-hybridized carbons (Fsp3) is 0. The molecule has 0 saturated carbocycles. The van der Waals surface area contributed by atoms with Gasteiger partial charge in [0.25, 0.3) is 0 Å². The van der Waals surface area contributed by atoms with Crippen molar-refractivity contribution >= 4 is 54.9 Å². The monoisotopic (exact) mass is 616 g/mol. The quantitative estimate of drug-likeness (QED) is 0.196. The van der Waals surface area contributed by atoms with E-state index in [0.29, 0.717) is 23.1 Å². The minimum atomic E-state index is 0.522. The van der Waals surface area contributed by atoms with Crippen LogP contribution < -0.4 is 0 Å². The lowest BCUT2D eigenvalue weighted by molar-refractivity contribution is 0.669. The molecule has 0 bridgehead atoms. The normalized spacial score (nSPS) is 11.8. The van der Waals surface area contributed by atoms with Crippen LogP contribution in [0.5, 0.6) is 0 Å². The van der Waals surface area contributed by atoms with Crippen molar-refractivity contribution in [1.29, 1.82) is 0 Å². The Labute approximate surface area is 274 Å². The molecule has 0 aliphatic heterocycles. The standard InChI is InChI=1S/C42H24N4O2/c1-3-12-25(13-4-1)28-22-23-31(36-37-35(48-39(28)36)24-27-16-7-9-20-33(27)43-37)41-44-40(26-14-5-2-6-15-26)45-42(46-41)32-19-11-18-30-29-17-8-10-21-34(29)47-38(30)32/h1-24H. The molecule has 10 rings (SSSR count). The number of furan rings is 2. The smallest absolute Gasteiger partial charge is 0.167 e. The maximum atomic E-state index is 6.68. The third kappa shape index (κ3) is 4.13. The highest BCUT2D eigenvalue weighted by molar-refractivity contribution is 6.16. The molecule has 0 aliphatic rings. The van der Waals surface area contributed by atoms with Crippen LogP contribution in [0, 0.1) is 0 Å². The van der Waals surface area contributed by atoms with Crippen molar-refractivity contribution in [3.8, 4) is 45.3 Å². The molecule has 0 fully saturated rings. The average molecular weight is 617 g/mol. The summed E-state index contributed by atoms with van der Waals surface area (Å²) < 4.78 is 13.1. The molecule has 0 unspecified atom stereocenters. The van der Waals surface area contributed by atoms with E-state index in [0.717, 1.165) is 77.1 Å². The summed E-state index contributed by atoms with van der Waals surface area (Å²) in [6, 6.07) is 48.7. The van der Waals surface area contributed by atoms with Gasteiger partial charge in [0, 0.05) is 32.8 Å². The van der Waals surface area contributed by atoms with E-state index in [-0.39, 0.29) is 0 Å². The van der Waals surface area contributed by atoms with E-state index >= 15 is 0 Å². The summed E-state index contributed by atoms with van der Waals surface area (Å²) in [5.74, 6) is 1.61. The summed E-state index contributed by atoms with van der Waals surface area (Å²) in [6.45, 7) is 0. The summed E-state index contributed by atoms with van der Waals surface area (Å²) >= 11 is 0. The van der Waals surface area contributed by atoms with Crippen molar-refractivity contribution in [2.24, 2.45) is 0 Å². The van der Waals surface area contributed by atoms with Crippen LogP contribution in [0.1, 0.15) is 0 Å². The van der Waals surface area contributed by atoms with E-state index < -0.39 is 0 Å². The van der Waals surface area contributed by atoms with Crippen molar-refractivity contribution in [2.45, 2.75) is 0 Å². The number of benzene rings is 6. The van der Waals surface area contributed by atoms with Gasteiger partial charge in [-0.25, -0.2) is 19.9 Å². The second-order valence-corrected chi connectivity index (χ2v) is 11.8. The maximum absolute atomic E-state index is 6.68. The summed E-state index contributed by atoms with van der Waals surface area (Å²) in [5, 5.41) is 3.93. The van der Waals surface area contributed by atoms with Gasteiger partial charge < -0.3 is 8.83 Å². The minimum Gasteiger partial charge on any atom is -0.455 e. The first-order valence-corrected chi connectivity index (χ1v) is 15.8. The third-order valence-corrected chi connectivity index (χ3v) is 8.93. The van der Waals surface area contributed by atoms with Gasteiger partial charge in [0.1, 0.15) is 22.3 Å². The van der Waals surface area contributed by atoms with Crippen LogP contribution in [0.15, 0.2) is 154 Å². The first kappa shape index (κ1) is 26.5. The zero-order valence-corrected chi connectivity index (χ0v) is 25.5. The number of hydrogen-bond donors (Lipinski definition) is 0. The highest BCUT2D eigenvalue weighted by atomic mass is 16.3. The fourth-order valence-electron chi connectivity index (χ4n) is 6.67. The summed E-state index contributed by atoms with van der Waals surface area (Å²) in [7, 11) is 0. The molecule has 4 aromatic heterocycles. The number of rotatable bonds is 4. The highest BCUT2D eigenvalue weighted by Crippen LogP contribution is 2.42. The van der Waals surface area contributed by atoms with Crippen LogP contribution >= 0.6 is 0 Å². The Balaban J connectivity index is 1.29. The van der Waals surface area contributed by atoms with Gasteiger partial charge in [0.2, 0.25) is 0 Å². The zero-order chi connectivity index (χ0) is 31.6. The molecule has 0 aliphatic carbocycles. The first-order chi connectivity index (χ1) is 23.8. The van der Waals surface area contributed by atoms with Gasteiger partial charge in [-0.2, -0.15) is 0 Å². The molecule has 6 nitrogen and oxygen atoms in total. The van der Waals surface area contributed by atoms with Crippen LogP contribution in [-0.2, 0) is 0 Å². The van der Waals surface area contributed by atoms with Gasteiger partial charge in [0.05, 0.1) is 16.5 Å². The van der Waals surface area contributed by atoms with Crippen LogP contribution in [-0.4, -0.2) is 19.9 Å². The van der Waals surface area contributed by atoms with Gasteiger partial charge >= 0.3 is 0 Å². The van der Waals surface area contributed by atoms with Crippen LogP contribution in [0.3, 0.4) is 0 Å². The minimum absolute atomic E-state index is 0.522. The first-order valence-electron chi connectivity index (χ1n) is 15.8. The van der Waals surface area contributed by atoms with Crippen molar-refractivity contribution < 1.29 is 8.83 Å². The van der Waals surface area contributed by atoms with E-state index in [4.69, 9.17) is 28.8 Å². The lowest BCUT2D eigenvalue weighted by Crippen LogP contribution is -2.01. The molecule has 0 radical (unpaired) electrons.